The molecule has 16 heavy (non-hydrogen) atoms. The minimum Gasteiger partial charge on any atom is -0.289 e. The summed E-state index contributed by atoms with van der Waals surface area (Å²) in [7, 11) is 0. The maximum Gasteiger partial charge on any atom is 0.195 e. The molecule has 1 aromatic heterocycles. The van der Waals surface area contributed by atoms with Crippen molar-refractivity contribution in [3.8, 4) is 0 Å². The zero-order valence-corrected chi connectivity index (χ0v) is 12.4. The van der Waals surface area contributed by atoms with Crippen molar-refractivity contribution in [2.75, 3.05) is 0 Å². The van der Waals surface area contributed by atoms with Crippen LogP contribution in [0.1, 0.15) is 21.5 Å². The Bertz CT molecular complexity index is 546. The van der Waals surface area contributed by atoms with E-state index in [1.165, 1.54) is 11.3 Å². The molecule has 0 spiro atoms. The molecule has 4 heteroatoms. The standard InChI is InChI=1S/C12H8Br2OS/c1-7-2-3-8(4-10(7)13)12(15)9-5-16-6-11(9)14/h2-6H,1H3. The highest BCUT2D eigenvalue weighted by atomic mass is 79.9. The quantitative estimate of drug-likeness (QED) is 0.703. The Labute approximate surface area is 115 Å². The first-order chi connectivity index (χ1) is 7.59. The summed E-state index contributed by atoms with van der Waals surface area (Å²) in [6.07, 6.45) is 0. The first-order valence-electron chi connectivity index (χ1n) is 4.62. The maximum atomic E-state index is 12.1. The molecule has 0 saturated heterocycles. The molecule has 0 aliphatic carbocycles. The lowest BCUT2D eigenvalue weighted by molar-refractivity contribution is 0.103. The molecule has 2 aromatic rings. The third kappa shape index (κ3) is 2.29. The maximum absolute atomic E-state index is 12.1. The van der Waals surface area contributed by atoms with E-state index in [2.05, 4.69) is 31.9 Å². The van der Waals surface area contributed by atoms with Crippen molar-refractivity contribution in [2.45, 2.75) is 6.92 Å². The number of rotatable bonds is 2. The molecular formula is C12H8Br2OS. The molecule has 0 aliphatic heterocycles. The Kier molecular flexibility index (Phi) is 3.62. The summed E-state index contributed by atoms with van der Waals surface area (Å²) >= 11 is 8.33. The van der Waals surface area contributed by atoms with Crippen LogP contribution in [0.25, 0.3) is 0 Å². The SMILES string of the molecule is Cc1ccc(C(=O)c2cscc2Br)cc1Br. The molecule has 0 amide bonds. The third-order valence-corrected chi connectivity index (χ3v) is 4.85. The van der Waals surface area contributed by atoms with Crippen molar-refractivity contribution in [3.05, 3.63) is 54.6 Å². The molecule has 0 N–H and O–H groups in total. The van der Waals surface area contributed by atoms with Gasteiger partial charge >= 0.3 is 0 Å². The first-order valence-corrected chi connectivity index (χ1v) is 7.15. The monoisotopic (exact) mass is 358 g/mol. The topological polar surface area (TPSA) is 17.1 Å². The van der Waals surface area contributed by atoms with Crippen LogP contribution in [-0.4, -0.2) is 5.78 Å². The molecular weight excluding hydrogens is 352 g/mol. The average molecular weight is 360 g/mol. The summed E-state index contributed by atoms with van der Waals surface area (Å²) in [5, 5.41) is 3.77. The molecule has 0 atom stereocenters. The van der Waals surface area contributed by atoms with Crippen LogP contribution in [0.15, 0.2) is 37.9 Å². The van der Waals surface area contributed by atoms with Crippen molar-refractivity contribution < 1.29 is 4.79 Å². The molecule has 1 nitrogen and oxygen atoms in total. The molecule has 2 rings (SSSR count). The fourth-order valence-corrected chi connectivity index (χ4v) is 3.17. The Morgan fingerprint density at radius 3 is 2.50 bits per heavy atom. The zero-order valence-electron chi connectivity index (χ0n) is 8.46. The van der Waals surface area contributed by atoms with Crippen LogP contribution in [0.5, 0.6) is 0 Å². The zero-order chi connectivity index (χ0) is 11.7. The van der Waals surface area contributed by atoms with Gasteiger partial charge in [-0.1, -0.05) is 28.1 Å². The molecule has 82 valence electrons. The van der Waals surface area contributed by atoms with Crippen molar-refractivity contribution in [1.82, 2.24) is 0 Å². The summed E-state index contributed by atoms with van der Waals surface area (Å²) in [4.78, 5) is 12.1. The molecule has 0 radical (unpaired) electrons. The number of aryl methyl sites for hydroxylation is 1. The second kappa shape index (κ2) is 4.82. The number of hydrogen-bond acceptors (Lipinski definition) is 2. The number of hydrogen-bond donors (Lipinski definition) is 0. The Hall–Kier alpha value is -0.450. The van der Waals surface area contributed by atoms with E-state index in [1.54, 1.807) is 0 Å². The third-order valence-electron chi connectivity index (χ3n) is 2.29. The number of benzene rings is 1. The predicted molar refractivity (Wildman–Crippen MR) is 74.3 cm³/mol. The molecule has 1 aromatic carbocycles. The molecule has 0 unspecified atom stereocenters. The van der Waals surface area contributed by atoms with E-state index in [0.29, 0.717) is 5.56 Å². The Morgan fingerprint density at radius 2 is 1.94 bits per heavy atom. The van der Waals surface area contributed by atoms with Crippen LogP contribution in [0.3, 0.4) is 0 Å². The van der Waals surface area contributed by atoms with E-state index in [1.807, 2.05) is 35.9 Å². The summed E-state index contributed by atoms with van der Waals surface area (Å²) < 4.78 is 1.82. The highest BCUT2D eigenvalue weighted by Gasteiger charge is 2.13. The fourth-order valence-electron chi connectivity index (χ4n) is 1.33. The van der Waals surface area contributed by atoms with Crippen molar-refractivity contribution in [2.24, 2.45) is 0 Å². The van der Waals surface area contributed by atoms with Crippen LogP contribution in [-0.2, 0) is 0 Å². The Balaban J connectivity index is 2.42. The number of thiophene rings is 1. The number of carbonyl (C=O) groups is 1. The lowest BCUT2D eigenvalue weighted by atomic mass is 10.0. The van der Waals surface area contributed by atoms with E-state index in [0.717, 1.165) is 20.1 Å². The van der Waals surface area contributed by atoms with E-state index < -0.39 is 0 Å². The average Bonchev–Trinajstić information content (AvgIpc) is 2.67. The number of carbonyl (C=O) groups excluding carboxylic acids is 1. The van der Waals surface area contributed by atoms with Gasteiger partial charge < -0.3 is 0 Å². The van der Waals surface area contributed by atoms with E-state index in [4.69, 9.17) is 0 Å². The van der Waals surface area contributed by atoms with E-state index in [9.17, 15) is 4.79 Å². The summed E-state index contributed by atoms with van der Waals surface area (Å²) in [5.74, 6) is 0.0498. The van der Waals surface area contributed by atoms with Crippen LogP contribution in [0, 0.1) is 6.92 Å². The van der Waals surface area contributed by atoms with Gasteiger partial charge in [-0.25, -0.2) is 0 Å². The summed E-state index contributed by atoms with van der Waals surface area (Å²) in [6, 6.07) is 5.66. The lowest BCUT2D eigenvalue weighted by Gasteiger charge is -2.02. The van der Waals surface area contributed by atoms with E-state index in [-0.39, 0.29) is 5.78 Å². The lowest BCUT2D eigenvalue weighted by Crippen LogP contribution is -2.00. The minimum atomic E-state index is 0.0498. The fraction of sp³-hybridized carbons (Fsp3) is 0.0833. The molecule has 0 saturated carbocycles. The van der Waals surface area contributed by atoms with Gasteiger partial charge in [0.15, 0.2) is 5.78 Å². The second-order valence-electron chi connectivity index (χ2n) is 3.43. The van der Waals surface area contributed by atoms with Gasteiger partial charge in [-0.05, 0) is 34.5 Å². The van der Waals surface area contributed by atoms with Gasteiger partial charge in [0.25, 0.3) is 0 Å². The van der Waals surface area contributed by atoms with Crippen molar-refractivity contribution in [3.63, 3.8) is 0 Å². The van der Waals surface area contributed by atoms with Crippen molar-refractivity contribution in [1.29, 1.82) is 0 Å². The van der Waals surface area contributed by atoms with Crippen LogP contribution in [0.4, 0.5) is 0 Å². The minimum absolute atomic E-state index is 0.0498. The van der Waals surface area contributed by atoms with Gasteiger partial charge in [0.1, 0.15) is 0 Å². The normalized spacial score (nSPS) is 10.4. The molecule has 0 fully saturated rings. The Morgan fingerprint density at radius 1 is 1.19 bits per heavy atom. The van der Waals surface area contributed by atoms with Gasteiger partial charge in [0.2, 0.25) is 0 Å². The predicted octanol–water partition coefficient (Wildman–Crippen LogP) is 4.81. The van der Waals surface area contributed by atoms with Crippen LogP contribution < -0.4 is 0 Å². The molecule has 0 bridgehead atoms. The second-order valence-corrected chi connectivity index (χ2v) is 5.88. The molecule has 0 aliphatic rings. The summed E-state index contributed by atoms with van der Waals surface area (Å²) in [6.45, 7) is 2.00. The number of halogens is 2. The first kappa shape index (κ1) is 12.0. The largest absolute Gasteiger partial charge is 0.289 e. The van der Waals surface area contributed by atoms with E-state index >= 15 is 0 Å². The van der Waals surface area contributed by atoms with Gasteiger partial charge in [-0.3, -0.25) is 4.79 Å². The van der Waals surface area contributed by atoms with Gasteiger partial charge in [-0.15, -0.1) is 0 Å². The highest BCUT2D eigenvalue weighted by molar-refractivity contribution is 9.10. The van der Waals surface area contributed by atoms with Gasteiger partial charge in [0.05, 0.1) is 0 Å². The summed E-state index contributed by atoms with van der Waals surface area (Å²) in [5.41, 5.74) is 2.55. The van der Waals surface area contributed by atoms with Crippen LogP contribution in [0.2, 0.25) is 0 Å². The van der Waals surface area contributed by atoms with Gasteiger partial charge in [0, 0.05) is 30.8 Å². The highest BCUT2D eigenvalue weighted by Crippen LogP contribution is 2.26. The van der Waals surface area contributed by atoms with Gasteiger partial charge in [-0.2, -0.15) is 11.3 Å². The van der Waals surface area contributed by atoms with Crippen molar-refractivity contribution >= 4 is 49.0 Å². The molecule has 1 heterocycles. The smallest absolute Gasteiger partial charge is 0.195 e. The van der Waals surface area contributed by atoms with Crippen LogP contribution >= 0.6 is 43.2 Å². The number of ketones is 1.